The number of carboxylic acid groups (broad SMARTS) is 1. The number of nitrogens with two attached hydrogens (primary N) is 1. The van der Waals surface area contributed by atoms with E-state index in [4.69, 9.17) is 20.7 Å². The molecule has 8 heteroatoms. The molecule has 28 heavy (non-hydrogen) atoms. The molecule has 1 aliphatic rings. The Morgan fingerprint density at radius 2 is 1.75 bits per heavy atom. The van der Waals surface area contributed by atoms with Crippen LogP contribution in [-0.4, -0.2) is 58.9 Å². The van der Waals surface area contributed by atoms with Crippen LogP contribution in [0.2, 0.25) is 0 Å². The molecule has 0 radical (unpaired) electrons. The van der Waals surface area contributed by atoms with E-state index in [2.05, 4.69) is 25.7 Å². The van der Waals surface area contributed by atoms with Crippen molar-refractivity contribution in [3.8, 4) is 25.7 Å². The second-order valence-corrected chi connectivity index (χ2v) is 5.32. The van der Waals surface area contributed by atoms with Gasteiger partial charge >= 0.3 is 5.97 Å². The fraction of sp³-hybridized carbons (Fsp3) is 0.350. The van der Waals surface area contributed by atoms with Crippen LogP contribution < -0.4 is 5.73 Å². The first kappa shape index (κ1) is 27.2. The highest BCUT2D eigenvalue weighted by atomic mass is 16.5. The Hall–Kier alpha value is -3.01. The van der Waals surface area contributed by atoms with Crippen molar-refractivity contribution in [1.29, 1.82) is 0 Å². The molecule has 0 spiro atoms. The largest absolute Gasteiger partial charge is 0.478 e. The number of aliphatic hydroxyl groups is 2. The zero-order valence-corrected chi connectivity index (χ0v) is 15.5. The summed E-state index contributed by atoms with van der Waals surface area (Å²) in [5.41, 5.74) is 6.13. The lowest BCUT2D eigenvalue weighted by Gasteiger charge is -2.30. The average Bonchev–Trinajstić information content (AvgIpc) is 2.71. The highest BCUT2D eigenvalue weighted by Crippen LogP contribution is 2.20. The molecule has 1 fully saturated rings. The third kappa shape index (κ3) is 9.08. The van der Waals surface area contributed by atoms with Gasteiger partial charge in [-0.05, 0) is 23.8 Å². The molecule has 0 unspecified atom stereocenters. The SMILES string of the molecule is C#C.C#C.CO.N[C@H]1C[C@@H](O)C[C@@H](C(=O)Cc2cc(C=O)cc(C(=O)O)c2)O1. The Morgan fingerprint density at radius 1 is 1.18 bits per heavy atom. The standard InChI is InChI=1S/C15H17NO6.2C2H2.CH4O/c16-14-6-11(18)5-13(22-14)12(19)4-8-1-9(7-17)3-10(2-8)15(20)21;3*1-2/h1-3,7,11,13-14,18H,4-6,16H2,(H,20,21);2*1-2H;2H,1H3/t11-,13-,14+;;;/m0.../s1. The molecule has 3 atom stereocenters. The number of aliphatic hydroxyl groups excluding tert-OH is 2. The Bertz CT molecular complexity index is 666. The van der Waals surface area contributed by atoms with E-state index in [0.717, 1.165) is 7.11 Å². The van der Waals surface area contributed by atoms with Crippen molar-refractivity contribution in [2.75, 3.05) is 7.11 Å². The van der Waals surface area contributed by atoms with E-state index in [1.54, 1.807) is 0 Å². The van der Waals surface area contributed by atoms with Crippen molar-refractivity contribution in [2.24, 2.45) is 5.73 Å². The van der Waals surface area contributed by atoms with Crippen molar-refractivity contribution >= 4 is 18.0 Å². The van der Waals surface area contributed by atoms with E-state index < -0.39 is 24.4 Å². The molecule has 0 amide bonds. The van der Waals surface area contributed by atoms with Crippen molar-refractivity contribution in [3.63, 3.8) is 0 Å². The lowest BCUT2D eigenvalue weighted by atomic mass is 9.96. The summed E-state index contributed by atoms with van der Waals surface area (Å²) in [6, 6.07) is 4.03. The van der Waals surface area contributed by atoms with Gasteiger partial charge in [-0.1, -0.05) is 0 Å². The summed E-state index contributed by atoms with van der Waals surface area (Å²) >= 11 is 0. The average molecular weight is 391 g/mol. The number of carboxylic acids is 1. The van der Waals surface area contributed by atoms with Crippen LogP contribution in [0.15, 0.2) is 18.2 Å². The van der Waals surface area contributed by atoms with Crippen LogP contribution in [-0.2, 0) is 16.0 Å². The molecule has 0 aliphatic carbocycles. The number of aldehydes is 1. The normalized spacial score (nSPS) is 19.8. The molecule has 1 heterocycles. The minimum Gasteiger partial charge on any atom is -0.478 e. The molecule has 1 aromatic carbocycles. The van der Waals surface area contributed by atoms with Gasteiger partial charge in [0.2, 0.25) is 0 Å². The highest BCUT2D eigenvalue weighted by Gasteiger charge is 2.31. The Labute approximate surface area is 164 Å². The zero-order chi connectivity index (χ0) is 22.3. The Kier molecular flexibility index (Phi) is 14.7. The maximum atomic E-state index is 12.2. The number of carbonyl (C=O) groups is 3. The molecule has 1 saturated heterocycles. The van der Waals surface area contributed by atoms with Crippen LogP contribution in [0, 0.1) is 25.7 Å². The quantitative estimate of drug-likeness (QED) is 0.412. The summed E-state index contributed by atoms with van der Waals surface area (Å²) < 4.78 is 5.31. The van der Waals surface area contributed by atoms with Gasteiger partial charge in [-0.3, -0.25) is 9.59 Å². The number of benzene rings is 1. The molecule has 1 aromatic rings. The molecular weight excluding hydrogens is 366 g/mol. The van der Waals surface area contributed by atoms with Crippen LogP contribution in [0.4, 0.5) is 0 Å². The number of terminal acetylenes is 2. The summed E-state index contributed by atoms with van der Waals surface area (Å²) in [4.78, 5) is 34.1. The zero-order valence-electron chi connectivity index (χ0n) is 15.5. The maximum Gasteiger partial charge on any atom is 0.335 e. The van der Waals surface area contributed by atoms with Crippen LogP contribution in [0.25, 0.3) is 0 Å². The monoisotopic (exact) mass is 391 g/mol. The third-order valence-electron chi connectivity index (χ3n) is 3.47. The van der Waals surface area contributed by atoms with E-state index in [-0.39, 0.29) is 36.2 Å². The van der Waals surface area contributed by atoms with Gasteiger partial charge in [0.15, 0.2) is 5.78 Å². The number of aromatic carboxylic acids is 1. The third-order valence-corrected chi connectivity index (χ3v) is 3.47. The minimum absolute atomic E-state index is 0.0614. The van der Waals surface area contributed by atoms with Crippen LogP contribution >= 0.6 is 0 Å². The summed E-state index contributed by atoms with van der Waals surface area (Å²) in [5.74, 6) is -1.49. The second kappa shape index (κ2) is 15.1. The van der Waals surface area contributed by atoms with E-state index >= 15 is 0 Å². The number of ketones is 1. The van der Waals surface area contributed by atoms with Gasteiger partial charge < -0.3 is 25.8 Å². The van der Waals surface area contributed by atoms with Gasteiger partial charge in [-0.25, -0.2) is 4.79 Å². The maximum absolute atomic E-state index is 12.2. The lowest BCUT2D eigenvalue weighted by molar-refractivity contribution is -0.146. The number of carbonyl (C=O) groups excluding carboxylic acids is 2. The van der Waals surface area contributed by atoms with Crippen molar-refractivity contribution < 1.29 is 34.4 Å². The summed E-state index contributed by atoms with van der Waals surface area (Å²) in [5, 5.41) is 25.6. The van der Waals surface area contributed by atoms with E-state index in [9.17, 15) is 19.5 Å². The van der Waals surface area contributed by atoms with E-state index in [1.807, 2.05) is 0 Å². The smallest absolute Gasteiger partial charge is 0.335 e. The van der Waals surface area contributed by atoms with Gasteiger partial charge in [0, 0.05) is 31.9 Å². The summed E-state index contributed by atoms with van der Waals surface area (Å²) in [6.07, 6.45) is 14.6. The van der Waals surface area contributed by atoms with Gasteiger partial charge in [0.25, 0.3) is 0 Å². The number of hydrogen-bond donors (Lipinski definition) is 4. The number of rotatable bonds is 5. The van der Waals surface area contributed by atoms with Crippen molar-refractivity contribution in [1.82, 2.24) is 0 Å². The molecular formula is C20H25NO7. The van der Waals surface area contributed by atoms with Gasteiger partial charge in [0.05, 0.1) is 11.7 Å². The Morgan fingerprint density at radius 3 is 2.21 bits per heavy atom. The summed E-state index contributed by atoms with van der Waals surface area (Å²) in [6.45, 7) is 0. The number of ether oxygens (including phenoxy) is 1. The summed E-state index contributed by atoms with van der Waals surface area (Å²) in [7, 11) is 1.00. The van der Waals surface area contributed by atoms with Gasteiger partial charge in [-0.2, -0.15) is 0 Å². The molecule has 0 saturated carbocycles. The molecule has 8 nitrogen and oxygen atoms in total. The van der Waals surface area contributed by atoms with E-state index in [0.29, 0.717) is 11.8 Å². The molecule has 0 aromatic heterocycles. The van der Waals surface area contributed by atoms with E-state index in [1.165, 1.54) is 18.2 Å². The molecule has 1 aliphatic heterocycles. The van der Waals surface area contributed by atoms with Crippen LogP contribution in [0.1, 0.15) is 39.1 Å². The lowest BCUT2D eigenvalue weighted by Crippen LogP contribution is -2.44. The van der Waals surface area contributed by atoms with Gasteiger partial charge in [-0.15, -0.1) is 25.7 Å². The molecule has 152 valence electrons. The first-order chi connectivity index (χ1) is 13.4. The first-order valence-corrected chi connectivity index (χ1v) is 7.94. The second-order valence-electron chi connectivity index (χ2n) is 5.32. The fourth-order valence-corrected chi connectivity index (χ4v) is 2.47. The van der Waals surface area contributed by atoms with Crippen LogP contribution in [0.3, 0.4) is 0 Å². The van der Waals surface area contributed by atoms with Crippen molar-refractivity contribution in [2.45, 2.75) is 37.7 Å². The number of Topliss-reactive ketones (excluding diaryl/α,β-unsaturated/α-hetero) is 1. The topological polar surface area (TPSA) is 147 Å². The highest BCUT2D eigenvalue weighted by molar-refractivity contribution is 5.92. The Balaban J connectivity index is 0. The van der Waals surface area contributed by atoms with Crippen molar-refractivity contribution in [3.05, 3.63) is 34.9 Å². The predicted octanol–water partition coefficient (Wildman–Crippen LogP) is 0.241. The minimum atomic E-state index is -1.18. The molecule has 5 N–H and O–H groups in total. The predicted molar refractivity (Wildman–Crippen MR) is 104 cm³/mol. The first-order valence-electron chi connectivity index (χ1n) is 7.94. The molecule has 0 bridgehead atoms. The van der Waals surface area contributed by atoms with Crippen LogP contribution in [0.5, 0.6) is 0 Å². The number of hydrogen-bond acceptors (Lipinski definition) is 7. The van der Waals surface area contributed by atoms with Gasteiger partial charge in [0.1, 0.15) is 18.6 Å². The fourth-order valence-electron chi connectivity index (χ4n) is 2.47. The molecule has 2 rings (SSSR count).